The monoisotopic (exact) mass is 180 g/mol. The molecular formula is C11H16O2. The lowest BCUT2D eigenvalue weighted by atomic mass is 10.0. The second-order valence-corrected chi connectivity index (χ2v) is 3.39. The fourth-order valence-electron chi connectivity index (χ4n) is 1.41. The van der Waals surface area contributed by atoms with Gasteiger partial charge in [-0.1, -0.05) is 43.7 Å². The first-order valence-electron chi connectivity index (χ1n) is 4.63. The van der Waals surface area contributed by atoms with Crippen LogP contribution in [0.5, 0.6) is 0 Å². The summed E-state index contributed by atoms with van der Waals surface area (Å²) in [5.74, 6) is -1.55. The zero-order valence-electron chi connectivity index (χ0n) is 7.90. The second-order valence-electron chi connectivity index (χ2n) is 3.39. The van der Waals surface area contributed by atoms with Gasteiger partial charge in [-0.25, -0.2) is 0 Å². The summed E-state index contributed by atoms with van der Waals surface area (Å²) in [6.07, 6.45) is 1.50. The minimum Gasteiger partial charge on any atom is -0.365 e. The zero-order chi connectivity index (χ0) is 9.73. The van der Waals surface area contributed by atoms with E-state index in [1.807, 2.05) is 37.3 Å². The minimum atomic E-state index is -1.55. The van der Waals surface area contributed by atoms with Gasteiger partial charge in [-0.2, -0.15) is 0 Å². The zero-order valence-corrected chi connectivity index (χ0v) is 7.90. The van der Waals surface area contributed by atoms with Crippen molar-refractivity contribution in [1.82, 2.24) is 0 Å². The second kappa shape index (κ2) is 4.40. The molecule has 2 N–H and O–H groups in total. The third-order valence-electron chi connectivity index (χ3n) is 1.98. The molecule has 0 bridgehead atoms. The molecule has 0 amide bonds. The average molecular weight is 180 g/mol. The van der Waals surface area contributed by atoms with Crippen LogP contribution in [0.2, 0.25) is 0 Å². The third-order valence-corrected chi connectivity index (χ3v) is 1.98. The van der Waals surface area contributed by atoms with E-state index >= 15 is 0 Å². The summed E-state index contributed by atoms with van der Waals surface area (Å²) in [5.41, 5.74) is 0.959. The average Bonchev–Trinajstić information content (AvgIpc) is 2.04. The molecule has 0 atom stereocenters. The van der Waals surface area contributed by atoms with Gasteiger partial charge < -0.3 is 10.2 Å². The van der Waals surface area contributed by atoms with E-state index < -0.39 is 5.79 Å². The Balaban J connectivity index is 2.58. The van der Waals surface area contributed by atoms with Crippen molar-refractivity contribution in [3.8, 4) is 0 Å². The number of rotatable bonds is 4. The first kappa shape index (κ1) is 10.2. The first-order valence-corrected chi connectivity index (χ1v) is 4.63. The highest BCUT2D eigenvalue weighted by molar-refractivity contribution is 5.15. The molecule has 0 saturated carbocycles. The van der Waals surface area contributed by atoms with E-state index in [0.717, 1.165) is 12.0 Å². The van der Waals surface area contributed by atoms with Crippen molar-refractivity contribution < 1.29 is 10.2 Å². The van der Waals surface area contributed by atoms with Gasteiger partial charge in [0, 0.05) is 12.8 Å². The Bertz CT molecular complexity index is 242. The maximum Gasteiger partial charge on any atom is 0.166 e. The van der Waals surface area contributed by atoms with Crippen LogP contribution in [0.15, 0.2) is 30.3 Å². The van der Waals surface area contributed by atoms with E-state index in [4.69, 9.17) is 0 Å². The first-order chi connectivity index (χ1) is 6.14. The van der Waals surface area contributed by atoms with E-state index in [0.29, 0.717) is 12.8 Å². The molecule has 0 aliphatic carbocycles. The van der Waals surface area contributed by atoms with Gasteiger partial charge in [0.05, 0.1) is 0 Å². The van der Waals surface area contributed by atoms with Crippen LogP contribution >= 0.6 is 0 Å². The van der Waals surface area contributed by atoms with Crippen molar-refractivity contribution in [3.05, 3.63) is 35.9 Å². The largest absolute Gasteiger partial charge is 0.365 e. The van der Waals surface area contributed by atoms with Crippen LogP contribution in [0.4, 0.5) is 0 Å². The Morgan fingerprint density at radius 2 is 1.77 bits per heavy atom. The molecule has 0 saturated heterocycles. The molecule has 0 spiro atoms. The third kappa shape index (κ3) is 3.57. The maximum absolute atomic E-state index is 9.52. The number of aliphatic hydroxyl groups is 2. The minimum absolute atomic E-state index is 0.307. The van der Waals surface area contributed by atoms with E-state index in [-0.39, 0.29) is 0 Å². The lowest BCUT2D eigenvalue weighted by Crippen LogP contribution is -2.30. The van der Waals surface area contributed by atoms with E-state index in [9.17, 15) is 10.2 Å². The fraction of sp³-hybridized carbons (Fsp3) is 0.455. The molecule has 0 heterocycles. The Morgan fingerprint density at radius 3 is 2.31 bits per heavy atom. The molecule has 0 aliphatic heterocycles. The van der Waals surface area contributed by atoms with Crippen molar-refractivity contribution >= 4 is 0 Å². The molecule has 0 radical (unpaired) electrons. The summed E-state index contributed by atoms with van der Waals surface area (Å²) < 4.78 is 0. The van der Waals surface area contributed by atoms with Gasteiger partial charge in [0.25, 0.3) is 0 Å². The summed E-state index contributed by atoms with van der Waals surface area (Å²) in [7, 11) is 0. The van der Waals surface area contributed by atoms with Crippen LogP contribution in [-0.2, 0) is 6.42 Å². The number of hydrogen-bond donors (Lipinski definition) is 2. The van der Waals surface area contributed by atoms with Gasteiger partial charge in [-0.15, -0.1) is 0 Å². The summed E-state index contributed by atoms with van der Waals surface area (Å²) in [6, 6.07) is 9.52. The van der Waals surface area contributed by atoms with Crippen molar-refractivity contribution in [2.75, 3.05) is 0 Å². The standard InChI is InChI=1S/C11H16O2/c1-2-8-11(12,13)9-10-6-4-3-5-7-10/h3-7,12-13H,2,8-9H2,1H3. The fourth-order valence-corrected chi connectivity index (χ4v) is 1.41. The number of hydrogen-bond acceptors (Lipinski definition) is 2. The van der Waals surface area contributed by atoms with Crippen LogP contribution in [0, 0.1) is 0 Å². The number of benzene rings is 1. The summed E-state index contributed by atoms with van der Waals surface area (Å²) >= 11 is 0. The molecule has 2 heteroatoms. The van der Waals surface area contributed by atoms with Crippen LogP contribution in [0.3, 0.4) is 0 Å². The maximum atomic E-state index is 9.52. The molecule has 72 valence electrons. The SMILES string of the molecule is CCCC(O)(O)Cc1ccccc1. The Morgan fingerprint density at radius 1 is 1.15 bits per heavy atom. The van der Waals surface area contributed by atoms with Crippen LogP contribution in [0.25, 0.3) is 0 Å². The van der Waals surface area contributed by atoms with Crippen LogP contribution < -0.4 is 0 Å². The van der Waals surface area contributed by atoms with Crippen molar-refractivity contribution in [1.29, 1.82) is 0 Å². The normalized spacial score (nSPS) is 11.6. The lowest BCUT2D eigenvalue weighted by Gasteiger charge is -2.20. The molecule has 13 heavy (non-hydrogen) atoms. The van der Waals surface area contributed by atoms with Gasteiger partial charge in [0.1, 0.15) is 0 Å². The van der Waals surface area contributed by atoms with Gasteiger partial charge in [-0.3, -0.25) is 0 Å². The molecule has 1 aromatic carbocycles. The van der Waals surface area contributed by atoms with Gasteiger partial charge in [0.15, 0.2) is 5.79 Å². The highest BCUT2D eigenvalue weighted by Crippen LogP contribution is 2.15. The quantitative estimate of drug-likeness (QED) is 0.692. The van der Waals surface area contributed by atoms with E-state index in [1.165, 1.54) is 0 Å². The molecule has 2 nitrogen and oxygen atoms in total. The molecule has 0 aliphatic rings. The van der Waals surface area contributed by atoms with Gasteiger partial charge in [0.2, 0.25) is 0 Å². The summed E-state index contributed by atoms with van der Waals surface area (Å²) in [6.45, 7) is 1.94. The molecule has 0 unspecified atom stereocenters. The highest BCUT2D eigenvalue weighted by atomic mass is 16.5. The van der Waals surface area contributed by atoms with Gasteiger partial charge >= 0.3 is 0 Å². The molecule has 0 aromatic heterocycles. The molecule has 0 fully saturated rings. The van der Waals surface area contributed by atoms with E-state index in [2.05, 4.69) is 0 Å². The highest BCUT2D eigenvalue weighted by Gasteiger charge is 2.21. The Labute approximate surface area is 78.8 Å². The van der Waals surface area contributed by atoms with Crippen molar-refractivity contribution in [2.24, 2.45) is 0 Å². The molecule has 1 aromatic rings. The van der Waals surface area contributed by atoms with Crippen molar-refractivity contribution in [2.45, 2.75) is 32.0 Å². The summed E-state index contributed by atoms with van der Waals surface area (Å²) in [4.78, 5) is 0. The predicted molar refractivity (Wildman–Crippen MR) is 52.2 cm³/mol. The smallest absolute Gasteiger partial charge is 0.166 e. The predicted octanol–water partition coefficient (Wildman–Crippen LogP) is 1.71. The lowest BCUT2D eigenvalue weighted by molar-refractivity contribution is -0.164. The van der Waals surface area contributed by atoms with Crippen LogP contribution in [-0.4, -0.2) is 16.0 Å². The topological polar surface area (TPSA) is 40.5 Å². The van der Waals surface area contributed by atoms with Gasteiger partial charge in [-0.05, 0) is 5.56 Å². The molecular weight excluding hydrogens is 164 g/mol. The van der Waals surface area contributed by atoms with Crippen LogP contribution in [0.1, 0.15) is 25.3 Å². The Hall–Kier alpha value is -0.860. The Kier molecular flexibility index (Phi) is 3.46. The van der Waals surface area contributed by atoms with Crippen molar-refractivity contribution in [3.63, 3.8) is 0 Å². The molecule has 1 rings (SSSR count). The van der Waals surface area contributed by atoms with E-state index in [1.54, 1.807) is 0 Å². The summed E-state index contributed by atoms with van der Waals surface area (Å²) in [5, 5.41) is 19.0.